The number of nitrogens with zero attached hydrogens (tertiary/aromatic N) is 2. The van der Waals surface area contributed by atoms with E-state index in [4.69, 9.17) is 9.84 Å². The van der Waals surface area contributed by atoms with Gasteiger partial charge in [-0.3, -0.25) is 14.4 Å². The van der Waals surface area contributed by atoms with Gasteiger partial charge in [-0.2, -0.15) is 0 Å². The van der Waals surface area contributed by atoms with Crippen LogP contribution < -0.4 is 10.9 Å². The van der Waals surface area contributed by atoms with Crippen LogP contribution in [0.5, 0.6) is 0 Å². The number of carbonyl (C=O) groups is 2. The molecule has 2 aromatic heterocycles. The molecule has 1 amide bonds. The number of nitrogens with one attached hydrogen (secondary N) is 1. The molecule has 5 rings (SSSR count). The summed E-state index contributed by atoms with van der Waals surface area (Å²) < 4.78 is 21.0. The molecule has 34 heavy (non-hydrogen) atoms. The van der Waals surface area contributed by atoms with Crippen LogP contribution in [0, 0.1) is 12.7 Å². The number of carbonyl (C=O) groups excluding carboxylic acids is 2. The van der Waals surface area contributed by atoms with Gasteiger partial charge in [0.05, 0.1) is 34.9 Å². The van der Waals surface area contributed by atoms with Crippen LogP contribution in [0.25, 0.3) is 22.3 Å². The van der Waals surface area contributed by atoms with Gasteiger partial charge in [0, 0.05) is 23.6 Å². The molecule has 2 aliphatic heterocycles. The van der Waals surface area contributed by atoms with E-state index in [1.807, 2.05) is 13.8 Å². The van der Waals surface area contributed by atoms with Gasteiger partial charge in [0.25, 0.3) is 5.56 Å². The molecule has 0 radical (unpaired) electrons. The van der Waals surface area contributed by atoms with Crippen molar-refractivity contribution in [3.8, 4) is 11.4 Å². The van der Waals surface area contributed by atoms with Crippen LogP contribution in [0.2, 0.25) is 0 Å². The molecular weight excluding hydrogens is 441 g/mol. The van der Waals surface area contributed by atoms with Gasteiger partial charge in [-0.1, -0.05) is 13.8 Å². The topological polar surface area (TPSA) is 111 Å². The fourth-order valence-electron chi connectivity index (χ4n) is 4.47. The zero-order valence-corrected chi connectivity index (χ0v) is 19.5. The van der Waals surface area contributed by atoms with Crippen LogP contribution in [0.1, 0.15) is 54.5 Å². The van der Waals surface area contributed by atoms with E-state index in [1.165, 1.54) is 6.07 Å². The third-order valence-corrected chi connectivity index (χ3v) is 6.26. The number of aliphatic hydroxyl groups excluding tert-OH is 1. The highest BCUT2D eigenvalue weighted by Crippen LogP contribution is 2.38. The highest BCUT2D eigenvalue weighted by Gasteiger charge is 2.33. The molecule has 4 heterocycles. The first-order valence-electron chi connectivity index (χ1n) is 11.2. The average molecular weight is 467 g/mol. The third kappa shape index (κ3) is 3.66. The minimum atomic E-state index is -0.656. The Morgan fingerprint density at radius 3 is 2.71 bits per heavy atom. The predicted octanol–water partition coefficient (Wildman–Crippen LogP) is 2.67. The fourth-order valence-corrected chi connectivity index (χ4v) is 4.47. The standard InChI is InChI=1S/C23H20FN3O5.C2H6/c1-10-3-13-14(6-25-20(29)8-28)15-7-27-19(21(15)26-18(13)5-17(10)24)4-12-11(2)23(31)32-9-16(12)22(27)30;1-2/h3-5,11,28H,6-9H2,1-2H3,(H,25,29);1-2H3. The first-order chi connectivity index (χ1) is 16.3. The van der Waals surface area contributed by atoms with Crippen LogP contribution in [0.3, 0.4) is 0 Å². The average Bonchev–Trinajstić information content (AvgIpc) is 3.20. The lowest BCUT2D eigenvalue weighted by Gasteiger charge is -2.22. The van der Waals surface area contributed by atoms with Crippen LogP contribution in [-0.2, 0) is 34.0 Å². The number of halogens is 1. The summed E-state index contributed by atoms with van der Waals surface area (Å²) >= 11 is 0. The van der Waals surface area contributed by atoms with Crippen molar-refractivity contribution in [2.75, 3.05) is 6.61 Å². The van der Waals surface area contributed by atoms with Gasteiger partial charge >= 0.3 is 5.97 Å². The normalized spacial score (nSPS) is 15.6. The lowest BCUT2D eigenvalue weighted by atomic mass is 9.93. The Balaban J connectivity index is 0.00000133. The second-order valence-electron chi connectivity index (χ2n) is 8.16. The molecule has 3 aromatic rings. The summed E-state index contributed by atoms with van der Waals surface area (Å²) in [5.41, 5.74) is 4.12. The lowest BCUT2D eigenvalue weighted by molar-refractivity contribution is -0.147. The van der Waals surface area contributed by atoms with E-state index >= 15 is 0 Å². The molecule has 9 heteroatoms. The number of hydrogen-bond acceptors (Lipinski definition) is 6. The van der Waals surface area contributed by atoms with Gasteiger partial charge in [-0.05, 0) is 42.7 Å². The van der Waals surface area contributed by atoms with E-state index in [2.05, 4.69) is 10.3 Å². The number of pyridine rings is 2. The van der Waals surface area contributed by atoms with Gasteiger partial charge in [0.2, 0.25) is 5.91 Å². The van der Waals surface area contributed by atoms with Crippen molar-refractivity contribution in [1.29, 1.82) is 0 Å². The summed E-state index contributed by atoms with van der Waals surface area (Å²) in [6, 6.07) is 4.79. The van der Waals surface area contributed by atoms with Crippen molar-refractivity contribution in [1.82, 2.24) is 14.9 Å². The van der Waals surface area contributed by atoms with Crippen molar-refractivity contribution < 1.29 is 23.8 Å². The number of rotatable bonds is 3. The number of esters is 1. The quantitative estimate of drug-likeness (QED) is 0.448. The summed E-state index contributed by atoms with van der Waals surface area (Å²) in [6.45, 7) is 6.91. The maximum atomic E-state index is 14.3. The van der Waals surface area contributed by atoms with Gasteiger partial charge < -0.3 is 19.7 Å². The third-order valence-electron chi connectivity index (χ3n) is 6.26. The van der Waals surface area contributed by atoms with E-state index in [1.54, 1.807) is 30.5 Å². The Labute approximate surface area is 195 Å². The van der Waals surface area contributed by atoms with Gasteiger partial charge in [-0.25, -0.2) is 9.37 Å². The van der Waals surface area contributed by atoms with Crippen molar-refractivity contribution in [3.05, 3.63) is 62.2 Å². The molecule has 0 saturated heterocycles. The zero-order chi connectivity index (χ0) is 24.7. The molecule has 0 aliphatic carbocycles. The Morgan fingerprint density at radius 2 is 2.00 bits per heavy atom. The molecule has 0 spiro atoms. The number of benzene rings is 1. The smallest absolute Gasteiger partial charge is 0.313 e. The van der Waals surface area contributed by atoms with E-state index in [0.717, 1.165) is 5.56 Å². The first-order valence-corrected chi connectivity index (χ1v) is 11.2. The number of aliphatic hydroxyl groups is 1. The molecule has 178 valence electrons. The highest BCUT2D eigenvalue weighted by molar-refractivity contribution is 5.89. The van der Waals surface area contributed by atoms with Crippen LogP contribution in [-0.4, -0.2) is 33.1 Å². The Hall–Kier alpha value is -3.59. The van der Waals surface area contributed by atoms with E-state index < -0.39 is 30.2 Å². The molecule has 0 fully saturated rings. The van der Waals surface area contributed by atoms with Gasteiger partial charge in [0.15, 0.2) is 0 Å². The van der Waals surface area contributed by atoms with E-state index in [0.29, 0.717) is 44.5 Å². The Bertz CT molecular complexity index is 1400. The summed E-state index contributed by atoms with van der Waals surface area (Å²) in [7, 11) is 0. The number of amides is 1. The molecule has 0 bridgehead atoms. The molecular formula is C25H26FN3O5. The number of ether oxygens (including phenoxy) is 1. The number of hydrogen-bond donors (Lipinski definition) is 2. The van der Waals surface area contributed by atoms with Gasteiger partial charge in [-0.15, -0.1) is 0 Å². The van der Waals surface area contributed by atoms with Crippen molar-refractivity contribution >= 4 is 22.8 Å². The van der Waals surface area contributed by atoms with Crippen molar-refractivity contribution in [2.45, 2.75) is 53.3 Å². The zero-order valence-electron chi connectivity index (χ0n) is 19.5. The second kappa shape index (κ2) is 8.98. The lowest BCUT2D eigenvalue weighted by Crippen LogP contribution is -2.31. The molecule has 2 aliphatic rings. The number of fused-ring (bicyclic) bond motifs is 5. The molecule has 8 nitrogen and oxygen atoms in total. The minimum Gasteiger partial charge on any atom is -0.460 e. The Morgan fingerprint density at radius 1 is 1.26 bits per heavy atom. The summed E-state index contributed by atoms with van der Waals surface area (Å²) in [4.78, 5) is 41.7. The minimum absolute atomic E-state index is 0.0762. The van der Waals surface area contributed by atoms with Crippen LogP contribution in [0.4, 0.5) is 4.39 Å². The van der Waals surface area contributed by atoms with Crippen molar-refractivity contribution in [2.24, 2.45) is 0 Å². The summed E-state index contributed by atoms with van der Waals surface area (Å²) in [5.74, 6) is -1.93. The van der Waals surface area contributed by atoms with E-state index in [9.17, 15) is 18.8 Å². The second-order valence-corrected chi connectivity index (χ2v) is 8.16. The monoisotopic (exact) mass is 467 g/mol. The van der Waals surface area contributed by atoms with E-state index in [-0.39, 0.29) is 25.3 Å². The first kappa shape index (κ1) is 23.6. The number of cyclic esters (lactones) is 1. The molecule has 1 aromatic carbocycles. The Kier molecular flexibility index (Phi) is 6.22. The van der Waals surface area contributed by atoms with Gasteiger partial charge in [0.1, 0.15) is 19.0 Å². The summed E-state index contributed by atoms with van der Waals surface area (Å²) in [5, 5.41) is 12.4. The highest BCUT2D eigenvalue weighted by atomic mass is 19.1. The molecule has 2 N–H and O–H groups in total. The predicted molar refractivity (Wildman–Crippen MR) is 124 cm³/mol. The van der Waals surface area contributed by atoms with Crippen molar-refractivity contribution in [3.63, 3.8) is 0 Å². The van der Waals surface area contributed by atoms with Crippen LogP contribution >= 0.6 is 0 Å². The maximum absolute atomic E-state index is 14.3. The fraction of sp³-hybridized carbons (Fsp3) is 0.360. The maximum Gasteiger partial charge on any atom is 0.313 e. The van der Waals surface area contributed by atoms with Crippen LogP contribution in [0.15, 0.2) is 23.0 Å². The molecule has 1 atom stereocenters. The SMILES string of the molecule is CC.Cc1cc2c(CNC(=O)CO)c3c(nc2cc1F)-c1cc2c(c(=O)n1C3)COC(=O)C2C. The number of aromatic nitrogens is 2. The largest absolute Gasteiger partial charge is 0.460 e. The molecule has 0 saturated carbocycles. The number of aryl methyl sites for hydroxylation is 1. The molecule has 1 unspecified atom stereocenters. The summed E-state index contributed by atoms with van der Waals surface area (Å²) in [6.07, 6.45) is 0.